The van der Waals surface area contributed by atoms with Crippen LogP contribution in [0.4, 0.5) is 0 Å². The van der Waals surface area contributed by atoms with Crippen LogP contribution in [0.1, 0.15) is 13.3 Å². The van der Waals surface area contributed by atoms with E-state index in [9.17, 15) is 4.79 Å². The molecule has 50 valence electrons. The van der Waals surface area contributed by atoms with Gasteiger partial charge in [-0.25, -0.2) is 0 Å². The molecule has 0 spiro atoms. The maximum absolute atomic E-state index is 10.8. The fourth-order valence-corrected chi connectivity index (χ4v) is 2.81. The number of carbonyl (C=O) groups is 1. The minimum Gasteiger partial charge on any atom is -0.327 e. The van der Waals surface area contributed by atoms with Crippen LogP contribution in [0.3, 0.4) is 0 Å². The van der Waals surface area contributed by atoms with Crippen molar-refractivity contribution in [1.82, 2.24) is 4.90 Å². The molecule has 2 aliphatic rings. The molecule has 0 saturated carbocycles. The molecule has 2 aliphatic heterocycles. The number of β-lactam (4-membered cyclic amide) rings is 1. The first-order chi connectivity index (χ1) is 4.29. The Morgan fingerprint density at radius 1 is 1.78 bits per heavy atom. The summed E-state index contributed by atoms with van der Waals surface area (Å²) in [7, 11) is 0. The Bertz CT molecular complexity index is 153. The summed E-state index contributed by atoms with van der Waals surface area (Å²) >= 11 is 1.91. The van der Waals surface area contributed by atoms with Gasteiger partial charge in [0.05, 0.1) is 11.8 Å². The van der Waals surface area contributed by atoms with E-state index in [1.807, 2.05) is 16.7 Å². The molecule has 2 saturated heterocycles. The second kappa shape index (κ2) is 1.66. The molecule has 2 fully saturated rings. The van der Waals surface area contributed by atoms with Crippen LogP contribution in [-0.4, -0.2) is 28.0 Å². The largest absolute Gasteiger partial charge is 0.327 e. The highest BCUT2D eigenvalue weighted by molar-refractivity contribution is 8.00. The van der Waals surface area contributed by atoms with E-state index in [-0.39, 0.29) is 0 Å². The molecule has 2 heterocycles. The molecule has 9 heavy (non-hydrogen) atoms. The molecule has 0 bridgehead atoms. The zero-order valence-electron chi connectivity index (χ0n) is 5.33. The van der Waals surface area contributed by atoms with Gasteiger partial charge in [-0.05, 0) is 6.92 Å². The number of thioether (sulfide) groups is 1. The standard InChI is InChI=1S/C6H9NOS/c1-4-3-9-6-2-5(8)7(4)6/h4,6H,2-3H2,1H3/t4?,6-/m0/s1. The highest BCUT2D eigenvalue weighted by atomic mass is 32.2. The second-order valence-electron chi connectivity index (χ2n) is 2.64. The molecule has 0 N–H and O–H groups in total. The van der Waals surface area contributed by atoms with Crippen molar-refractivity contribution in [2.75, 3.05) is 5.75 Å². The molecule has 1 unspecified atom stereocenters. The fraction of sp³-hybridized carbons (Fsp3) is 0.833. The van der Waals surface area contributed by atoms with Gasteiger partial charge >= 0.3 is 0 Å². The normalized spacial score (nSPS) is 40.6. The highest BCUT2D eigenvalue weighted by Crippen LogP contribution is 2.38. The van der Waals surface area contributed by atoms with Gasteiger partial charge < -0.3 is 4.90 Å². The lowest BCUT2D eigenvalue weighted by Crippen LogP contribution is -2.50. The maximum atomic E-state index is 10.8. The van der Waals surface area contributed by atoms with Crippen molar-refractivity contribution in [3.63, 3.8) is 0 Å². The third kappa shape index (κ3) is 0.611. The number of carbonyl (C=O) groups excluding carboxylic acids is 1. The van der Waals surface area contributed by atoms with E-state index in [4.69, 9.17) is 0 Å². The van der Waals surface area contributed by atoms with Crippen molar-refractivity contribution in [3.8, 4) is 0 Å². The van der Waals surface area contributed by atoms with Crippen molar-refractivity contribution in [1.29, 1.82) is 0 Å². The first kappa shape index (κ1) is 5.59. The average molecular weight is 143 g/mol. The van der Waals surface area contributed by atoms with Crippen molar-refractivity contribution in [2.24, 2.45) is 0 Å². The van der Waals surface area contributed by atoms with Gasteiger partial charge in [-0.2, -0.15) is 0 Å². The average Bonchev–Trinajstić information content (AvgIpc) is 2.04. The Kier molecular flexibility index (Phi) is 1.03. The van der Waals surface area contributed by atoms with Gasteiger partial charge in [0, 0.05) is 11.8 Å². The monoisotopic (exact) mass is 143 g/mol. The van der Waals surface area contributed by atoms with Crippen molar-refractivity contribution < 1.29 is 4.79 Å². The van der Waals surface area contributed by atoms with Crippen LogP contribution in [0, 0.1) is 0 Å². The minimum atomic E-state index is 0.345. The van der Waals surface area contributed by atoms with Crippen LogP contribution in [-0.2, 0) is 4.79 Å². The molecule has 0 aromatic heterocycles. The van der Waals surface area contributed by atoms with Crippen LogP contribution in [0.5, 0.6) is 0 Å². The Balaban J connectivity index is 2.14. The number of hydrogen-bond acceptors (Lipinski definition) is 2. The number of fused-ring (bicyclic) bond motifs is 1. The maximum Gasteiger partial charge on any atom is 0.226 e. The summed E-state index contributed by atoms with van der Waals surface area (Å²) in [5.41, 5.74) is 0. The number of amides is 1. The summed E-state index contributed by atoms with van der Waals surface area (Å²) in [4.78, 5) is 12.8. The van der Waals surface area contributed by atoms with E-state index in [1.54, 1.807) is 0 Å². The predicted molar refractivity (Wildman–Crippen MR) is 37.2 cm³/mol. The SMILES string of the molecule is CC1CS[C@H]2CC(=O)N12. The van der Waals surface area contributed by atoms with Crippen LogP contribution < -0.4 is 0 Å². The molecule has 0 aromatic rings. The fourth-order valence-electron chi connectivity index (χ4n) is 1.40. The van der Waals surface area contributed by atoms with Crippen LogP contribution >= 0.6 is 11.8 Å². The molecular formula is C6H9NOS. The predicted octanol–water partition coefficient (Wildman–Crippen LogP) is 0.680. The Morgan fingerprint density at radius 3 is 3.00 bits per heavy atom. The number of rotatable bonds is 0. The van der Waals surface area contributed by atoms with Crippen LogP contribution in [0.15, 0.2) is 0 Å². The van der Waals surface area contributed by atoms with Gasteiger partial charge in [0.1, 0.15) is 0 Å². The quantitative estimate of drug-likeness (QED) is 0.465. The molecular weight excluding hydrogens is 134 g/mol. The lowest BCUT2D eigenvalue weighted by Gasteiger charge is -2.36. The van der Waals surface area contributed by atoms with E-state index in [0.29, 0.717) is 17.3 Å². The van der Waals surface area contributed by atoms with Crippen LogP contribution in [0.25, 0.3) is 0 Å². The van der Waals surface area contributed by atoms with Gasteiger partial charge in [0.15, 0.2) is 0 Å². The van der Waals surface area contributed by atoms with E-state index in [2.05, 4.69) is 6.92 Å². The Labute approximate surface area is 58.6 Å². The molecule has 0 aromatic carbocycles. The molecule has 2 nitrogen and oxygen atoms in total. The van der Waals surface area contributed by atoms with E-state index < -0.39 is 0 Å². The van der Waals surface area contributed by atoms with Crippen molar-refractivity contribution >= 4 is 17.7 Å². The molecule has 2 rings (SSSR count). The van der Waals surface area contributed by atoms with E-state index in [1.165, 1.54) is 0 Å². The summed E-state index contributed by atoms with van der Waals surface area (Å²) < 4.78 is 0. The molecule has 2 atom stereocenters. The summed E-state index contributed by atoms with van der Waals surface area (Å²) in [6, 6.07) is 0.501. The summed E-state index contributed by atoms with van der Waals surface area (Å²) in [6.07, 6.45) is 0.787. The minimum absolute atomic E-state index is 0.345. The van der Waals surface area contributed by atoms with E-state index >= 15 is 0 Å². The Morgan fingerprint density at radius 2 is 2.56 bits per heavy atom. The van der Waals surface area contributed by atoms with E-state index in [0.717, 1.165) is 12.2 Å². The van der Waals surface area contributed by atoms with Gasteiger partial charge in [-0.15, -0.1) is 11.8 Å². The van der Waals surface area contributed by atoms with Gasteiger partial charge in [0.2, 0.25) is 5.91 Å². The van der Waals surface area contributed by atoms with Crippen molar-refractivity contribution in [3.05, 3.63) is 0 Å². The molecule has 0 aliphatic carbocycles. The lowest BCUT2D eigenvalue weighted by molar-refractivity contribution is -0.142. The summed E-state index contributed by atoms with van der Waals surface area (Å²) in [6.45, 7) is 2.12. The molecule has 0 radical (unpaired) electrons. The third-order valence-corrected chi connectivity index (χ3v) is 3.41. The van der Waals surface area contributed by atoms with Gasteiger partial charge in [0.25, 0.3) is 0 Å². The number of nitrogens with zero attached hydrogens (tertiary/aromatic N) is 1. The van der Waals surface area contributed by atoms with Gasteiger partial charge in [-0.3, -0.25) is 4.79 Å². The second-order valence-corrected chi connectivity index (χ2v) is 3.85. The molecule has 1 amide bonds. The topological polar surface area (TPSA) is 20.3 Å². The van der Waals surface area contributed by atoms with Crippen LogP contribution in [0.2, 0.25) is 0 Å². The zero-order valence-corrected chi connectivity index (χ0v) is 6.15. The smallest absolute Gasteiger partial charge is 0.226 e. The summed E-state index contributed by atoms with van der Waals surface area (Å²) in [5, 5.41) is 0.549. The summed E-state index contributed by atoms with van der Waals surface area (Å²) in [5.74, 6) is 1.48. The highest BCUT2D eigenvalue weighted by Gasteiger charge is 2.44. The zero-order chi connectivity index (χ0) is 6.43. The van der Waals surface area contributed by atoms with Gasteiger partial charge in [-0.1, -0.05) is 0 Å². The van der Waals surface area contributed by atoms with Crippen molar-refractivity contribution in [2.45, 2.75) is 24.8 Å². The lowest BCUT2D eigenvalue weighted by atomic mass is 10.1. The third-order valence-electron chi connectivity index (χ3n) is 1.95. The first-order valence-corrected chi connectivity index (χ1v) is 4.26. The number of hydrogen-bond donors (Lipinski definition) is 0. The first-order valence-electron chi connectivity index (χ1n) is 3.22. The molecule has 3 heteroatoms. The Hall–Kier alpha value is -0.180.